The predicted octanol–water partition coefficient (Wildman–Crippen LogP) is 1.05. The molecule has 20 heavy (non-hydrogen) atoms. The molecule has 0 atom stereocenters. The second kappa shape index (κ2) is 6.63. The fraction of sp³-hybridized carbons (Fsp3) is 0.929. The minimum atomic E-state index is 0.721. The van der Waals surface area contributed by atoms with Gasteiger partial charge in [-0.05, 0) is 55.0 Å². The lowest BCUT2D eigenvalue weighted by Crippen LogP contribution is -2.43. The minimum absolute atomic E-state index is 0.721. The van der Waals surface area contributed by atoms with E-state index in [4.69, 9.17) is 0 Å². The number of likely N-dealkylation sites (tertiary alicyclic amines) is 1. The fourth-order valence-electron chi connectivity index (χ4n) is 2.87. The highest BCUT2D eigenvalue weighted by Crippen LogP contribution is 2.28. The monoisotopic (exact) mass is 278 g/mol. The Morgan fingerprint density at radius 2 is 2.00 bits per heavy atom. The van der Waals surface area contributed by atoms with Gasteiger partial charge in [0.2, 0.25) is 0 Å². The van der Waals surface area contributed by atoms with Crippen LogP contribution in [0.5, 0.6) is 0 Å². The summed E-state index contributed by atoms with van der Waals surface area (Å²) in [5.74, 6) is 1.99. The van der Waals surface area contributed by atoms with E-state index < -0.39 is 0 Å². The van der Waals surface area contributed by atoms with Crippen molar-refractivity contribution in [3.63, 3.8) is 0 Å². The summed E-state index contributed by atoms with van der Waals surface area (Å²) in [6.07, 6.45) is 6.45. The van der Waals surface area contributed by atoms with Gasteiger partial charge in [0, 0.05) is 25.7 Å². The van der Waals surface area contributed by atoms with Gasteiger partial charge in [0.1, 0.15) is 0 Å². The summed E-state index contributed by atoms with van der Waals surface area (Å²) in [6, 6.07) is 0.721. The first-order valence-electron chi connectivity index (χ1n) is 8.06. The first-order valence-corrected chi connectivity index (χ1v) is 8.06. The number of tetrazole rings is 1. The SMILES string of the molecule is CCCn1nnnc1CN1CCC(NCC2CC2)CC1. The van der Waals surface area contributed by atoms with E-state index in [1.165, 1.54) is 32.2 Å². The Morgan fingerprint density at radius 1 is 1.20 bits per heavy atom. The number of aromatic nitrogens is 4. The highest BCUT2D eigenvalue weighted by atomic mass is 15.5. The van der Waals surface area contributed by atoms with Crippen molar-refractivity contribution in [1.82, 2.24) is 30.4 Å². The topological polar surface area (TPSA) is 58.9 Å². The van der Waals surface area contributed by atoms with Gasteiger partial charge in [-0.2, -0.15) is 0 Å². The van der Waals surface area contributed by atoms with E-state index in [0.717, 1.165) is 50.4 Å². The lowest BCUT2D eigenvalue weighted by atomic mass is 10.0. The number of hydrogen-bond acceptors (Lipinski definition) is 5. The van der Waals surface area contributed by atoms with Crippen molar-refractivity contribution in [2.75, 3.05) is 19.6 Å². The molecule has 1 aromatic rings. The average Bonchev–Trinajstić information content (AvgIpc) is 3.20. The zero-order valence-electron chi connectivity index (χ0n) is 12.5. The van der Waals surface area contributed by atoms with E-state index in [2.05, 4.69) is 32.7 Å². The zero-order valence-corrected chi connectivity index (χ0v) is 12.5. The zero-order chi connectivity index (χ0) is 13.8. The maximum atomic E-state index is 4.16. The van der Waals surface area contributed by atoms with Crippen molar-refractivity contribution in [3.8, 4) is 0 Å². The summed E-state index contributed by atoms with van der Waals surface area (Å²) in [6.45, 7) is 7.51. The van der Waals surface area contributed by atoms with Gasteiger partial charge in [0.05, 0.1) is 6.54 Å². The molecular weight excluding hydrogens is 252 g/mol. The van der Waals surface area contributed by atoms with Gasteiger partial charge in [0.15, 0.2) is 5.82 Å². The normalized spacial score (nSPS) is 21.4. The molecule has 112 valence electrons. The molecule has 6 heteroatoms. The van der Waals surface area contributed by atoms with Crippen LogP contribution in [0.2, 0.25) is 0 Å². The molecule has 1 aliphatic carbocycles. The van der Waals surface area contributed by atoms with Crippen LogP contribution < -0.4 is 5.32 Å². The van der Waals surface area contributed by atoms with Crippen molar-refractivity contribution in [2.45, 2.75) is 58.2 Å². The largest absolute Gasteiger partial charge is 0.314 e. The summed E-state index contributed by atoms with van der Waals surface area (Å²) in [5.41, 5.74) is 0. The Kier molecular flexibility index (Phi) is 4.62. The Labute approximate surface area is 120 Å². The van der Waals surface area contributed by atoms with E-state index in [-0.39, 0.29) is 0 Å². The maximum absolute atomic E-state index is 4.16. The van der Waals surface area contributed by atoms with Crippen molar-refractivity contribution < 1.29 is 0 Å². The van der Waals surface area contributed by atoms with E-state index in [1.807, 2.05) is 4.68 Å². The summed E-state index contributed by atoms with van der Waals surface area (Å²) in [5, 5.41) is 15.7. The van der Waals surface area contributed by atoms with Crippen LogP contribution in [0.25, 0.3) is 0 Å². The Balaban J connectivity index is 1.42. The number of hydrogen-bond donors (Lipinski definition) is 1. The molecule has 1 aromatic heterocycles. The molecule has 0 aromatic carbocycles. The smallest absolute Gasteiger partial charge is 0.165 e. The van der Waals surface area contributed by atoms with Crippen LogP contribution in [0.1, 0.15) is 44.9 Å². The van der Waals surface area contributed by atoms with Gasteiger partial charge in [0.25, 0.3) is 0 Å². The molecule has 0 radical (unpaired) electrons. The molecular formula is C14H26N6. The molecule has 1 saturated carbocycles. The molecule has 0 bridgehead atoms. The summed E-state index contributed by atoms with van der Waals surface area (Å²) >= 11 is 0. The molecule has 2 heterocycles. The summed E-state index contributed by atoms with van der Waals surface area (Å²) in [7, 11) is 0. The lowest BCUT2D eigenvalue weighted by molar-refractivity contribution is 0.183. The highest BCUT2D eigenvalue weighted by molar-refractivity contribution is 4.86. The van der Waals surface area contributed by atoms with Crippen molar-refractivity contribution in [2.24, 2.45) is 5.92 Å². The Morgan fingerprint density at radius 3 is 2.70 bits per heavy atom. The van der Waals surface area contributed by atoms with E-state index in [9.17, 15) is 0 Å². The molecule has 0 amide bonds. The molecule has 2 aliphatic rings. The van der Waals surface area contributed by atoms with Gasteiger partial charge in [-0.3, -0.25) is 4.90 Å². The van der Waals surface area contributed by atoms with Crippen LogP contribution in [0.15, 0.2) is 0 Å². The molecule has 2 fully saturated rings. The van der Waals surface area contributed by atoms with Crippen molar-refractivity contribution >= 4 is 0 Å². The molecule has 1 N–H and O–H groups in total. The average molecular weight is 278 g/mol. The minimum Gasteiger partial charge on any atom is -0.314 e. The van der Waals surface area contributed by atoms with Gasteiger partial charge >= 0.3 is 0 Å². The van der Waals surface area contributed by atoms with Crippen molar-refractivity contribution in [3.05, 3.63) is 5.82 Å². The molecule has 0 unspecified atom stereocenters. The van der Waals surface area contributed by atoms with Gasteiger partial charge in [-0.15, -0.1) is 5.10 Å². The highest BCUT2D eigenvalue weighted by Gasteiger charge is 2.24. The quantitative estimate of drug-likeness (QED) is 0.808. The number of nitrogens with one attached hydrogen (secondary N) is 1. The standard InChI is InChI=1S/C14H26N6/c1-2-7-20-14(16-17-18-20)11-19-8-5-13(6-9-19)15-10-12-3-4-12/h12-13,15H,2-11H2,1H3. The number of piperidine rings is 1. The van der Waals surface area contributed by atoms with E-state index in [1.54, 1.807) is 0 Å². The predicted molar refractivity (Wildman–Crippen MR) is 77.1 cm³/mol. The van der Waals surface area contributed by atoms with E-state index >= 15 is 0 Å². The van der Waals surface area contributed by atoms with Crippen LogP contribution in [0.3, 0.4) is 0 Å². The van der Waals surface area contributed by atoms with Crippen LogP contribution in [0.4, 0.5) is 0 Å². The third-order valence-electron chi connectivity index (χ3n) is 4.39. The Hall–Kier alpha value is -1.01. The fourth-order valence-corrected chi connectivity index (χ4v) is 2.87. The summed E-state index contributed by atoms with van der Waals surface area (Å²) < 4.78 is 1.94. The van der Waals surface area contributed by atoms with Gasteiger partial charge in [-0.1, -0.05) is 6.92 Å². The van der Waals surface area contributed by atoms with Crippen molar-refractivity contribution in [1.29, 1.82) is 0 Å². The third-order valence-corrected chi connectivity index (χ3v) is 4.39. The summed E-state index contributed by atoms with van der Waals surface area (Å²) in [4.78, 5) is 2.48. The van der Waals surface area contributed by atoms with Gasteiger partial charge < -0.3 is 5.32 Å². The van der Waals surface area contributed by atoms with Crippen LogP contribution >= 0.6 is 0 Å². The molecule has 1 saturated heterocycles. The molecule has 6 nitrogen and oxygen atoms in total. The first-order chi connectivity index (χ1) is 9.85. The first kappa shape index (κ1) is 13.9. The second-order valence-corrected chi connectivity index (χ2v) is 6.22. The lowest BCUT2D eigenvalue weighted by Gasteiger charge is -2.32. The molecule has 1 aliphatic heterocycles. The molecule has 0 spiro atoms. The van der Waals surface area contributed by atoms with Crippen LogP contribution in [-0.4, -0.2) is 50.8 Å². The van der Waals surface area contributed by atoms with Crippen LogP contribution in [-0.2, 0) is 13.1 Å². The number of nitrogens with zero attached hydrogens (tertiary/aromatic N) is 5. The number of aryl methyl sites for hydroxylation is 1. The third kappa shape index (κ3) is 3.76. The molecule has 3 rings (SSSR count). The second-order valence-electron chi connectivity index (χ2n) is 6.22. The Bertz CT molecular complexity index is 406. The number of rotatable bonds is 7. The maximum Gasteiger partial charge on any atom is 0.165 e. The van der Waals surface area contributed by atoms with Crippen LogP contribution in [0, 0.1) is 5.92 Å². The van der Waals surface area contributed by atoms with E-state index in [0.29, 0.717) is 0 Å². The van der Waals surface area contributed by atoms with Gasteiger partial charge in [-0.25, -0.2) is 4.68 Å².